The average molecular weight is 197 g/mol. The molecule has 2 N–H and O–H groups in total. The Bertz CT molecular complexity index is 344. The SMILES string of the molecule is O=C(O)/C=C/C(=O)NCc1ncon1. The smallest absolute Gasteiger partial charge is 0.328 e. The lowest BCUT2D eigenvalue weighted by Crippen LogP contribution is -2.21. The van der Waals surface area contributed by atoms with E-state index >= 15 is 0 Å². The normalized spacial score (nSPS) is 10.3. The Morgan fingerprint density at radius 2 is 2.36 bits per heavy atom. The fourth-order valence-corrected chi connectivity index (χ4v) is 0.642. The molecular weight excluding hydrogens is 190 g/mol. The van der Waals surface area contributed by atoms with Gasteiger partial charge in [-0.15, -0.1) is 0 Å². The van der Waals surface area contributed by atoms with Crippen molar-refractivity contribution < 1.29 is 19.2 Å². The van der Waals surface area contributed by atoms with Gasteiger partial charge in [-0.05, 0) is 0 Å². The average Bonchev–Trinajstić information content (AvgIpc) is 2.63. The van der Waals surface area contributed by atoms with Crippen LogP contribution in [0.1, 0.15) is 5.82 Å². The molecule has 1 amide bonds. The summed E-state index contributed by atoms with van der Waals surface area (Å²) in [6.07, 6.45) is 2.78. The van der Waals surface area contributed by atoms with Gasteiger partial charge in [0.1, 0.15) is 0 Å². The number of amides is 1. The van der Waals surface area contributed by atoms with Gasteiger partial charge in [0, 0.05) is 12.2 Å². The summed E-state index contributed by atoms with van der Waals surface area (Å²) in [7, 11) is 0. The third-order valence-electron chi connectivity index (χ3n) is 1.20. The summed E-state index contributed by atoms with van der Waals surface area (Å²) in [6.45, 7) is 0.0965. The molecule has 1 aromatic rings. The molecule has 0 fully saturated rings. The fraction of sp³-hybridized carbons (Fsp3) is 0.143. The summed E-state index contributed by atoms with van der Waals surface area (Å²) in [5.74, 6) is -1.39. The number of carboxylic acids is 1. The highest BCUT2D eigenvalue weighted by Crippen LogP contribution is 1.86. The van der Waals surface area contributed by atoms with Crippen LogP contribution in [0.5, 0.6) is 0 Å². The van der Waals surface area contributed by atoms with Crippen molar-refractivity contribution in [2.24, 2.45) is 0 Å². The van der Waals surface area contributed by atoms with Gasteiger partial charge in [-0.2, -0.15) is 4.98 Å². The van der Waals surface area contributed by atoms with Gasteiger partial charge in [0.2, 0.25) is 12.3 Å². The van der Waals surface area contributed by atoms with Gasteiger partial charge >= 0.3 is 5.97 Å². The van der Waals surface area contributed by atoms with Crippen LogP contribution in [0.25, 0.3) is 0 Å². The van der Waals surface area contributed by atoms with E-state index < -0.39 is 11.9 Å². The second-order valence-electron chi connectivity index (χ2n) is 2.24. The standard InChI is InChI=1S/C7H7N3O4/c11-6(1-2-7(12)13)8-3-5-9-4-14-10-5/h1-2,4H,3H2,(H,8,11)(H,12,13)/b2-1+. The predicted octanol–water partition coefficient (Wildman–Crippen LogP) is -0.673. The molecule has 0 aliphatic heterocycles. The maximum absolute atomic E-state index is 10.9. The molecule has 0 atom stereocenters. The van der Waals surface area contributed by atoms with Gasteiger partial charge in [0.15, 0.2) is 5.82 Å². The van der Waals surface area contributed by atoms with E-state index in [1.54, 1.807) is 0 Å². The summed E-state index contributed by atoms with van der Waals surface area (Å²) < 4.78 is 4.42. The van der Waals surface area contributed by atoms with E-state index in [0.717, 1.165) is 18.5 Å². The Labute approximate surface area is 78.4 Å². The molecule has 0 bridgehead atoms. The van der Waals surface area contributed by atoms with Gasteiger partial charge in [0.05, 0.1) is 6.54 Å². The molecule has 0 aromatic carbocycles. The maximum Gasteiger partial charge on any atom is 0.328 e. The summed E-state index contributed by atoms with van der Waals surface area (Å²) in [5.41, 5.74) is 0. The second-order valence-corrected chi connectivity index (χ2v) is 2.24. The van der Waals surface area contributed by atoms with E-state index in [2.05, 4.69) is 20.0 Å². The van der Waals surface area contributed by atoms with E-state index in [0.29, 0.717) is 5.82 Å². The molecule has 1 aromatic heterocycles. The number of nitrogens with zero attached hydrogens (tertiary/aromatic N) is 2. The lowest BCUT2D eigenvalue weighted by molar-refractivity contribution is -0.131. The van der Waals surface area contributed by atoms with Gasteiger partial charge < -0.3 is 14.9 Å². The van der Waals surface area contributed by atoms with E-state index in [9.17, 15) is 9.59 Å². The van der Waals surface area contributed by atoms with Crippen LogP contribution in [-0.4, -0.2) is 27.1 Å². The molecule has 0 saturated carbocycles. The minimum atomic E-state index is -1.18. The largest absolute Gasteiger partial charge is 0.478 e. The minimum Gasteiger partial charge on any atom is -0.478 e. The first-order valence-electron chi connectivity index (χ1n) is 3.62. The number of carbonyl (C=O) groups is 2. The number of rotatable bonds is 4. The van der Waals surface area contributed by atoms with E-state index in [1.165, 1.54) is 0 Å². The molecule has 7 heteroatoms. The van der Waals surface area contributed by atoms with E-state index in [1.807, 2.05) is 0 Å². The summed E-state index contributed by atoms with van der Waals surface area (Å²) in [5, 5.41) is 14.0. The lowest BCUT2D eigenvalue weighted by atomic mass is 10.4. The zero-order valence-electron chi connectivity index (χ0n) is 7.01. The Hall–Kier alpha value is -2.18. The van der Waals surface area contributed by atoms with Crippen molar-refractivity contribution in [3.63, 3.8) is 0 Å². The monoisotopic (exact) mass is 197 g/mol. The number of nitrogens with one attached hydrogen (secondary N) is 1. The van der Waals surface area contributed by atoms with Crippen LogP contribution in [0, 0.1) is 0 Å². The molecule has 14 heavy (non-hydrogen) atoms. The molecule has 74 valence electrons. The second kappa shape index (κ2) is 4.75. The van der Waals surface area contributed by atoms with Crippen molar-refractivity contribution in [1.82, 2.24) is 15.5 Å². The van der Waals surface area contributed by atoms with Crippen LogP contribution in [0.15, 0.2) is 23.1 Å². The van der Waals surface area contributed by atoms with Crippen LogP contribution in [-0.2, 0) is 16.1 Å². The number of hydrogen-bond donors (Lipinski definition) is 2. The molecular formula is C7H7N3O4. The fourth-order valence-electron chi connectivity index (χ4n) is 0.642. The Morgan fingerprint density at radius 1 is 1.57 bits per heavy atom. The van der Waals surface area contributed by atoms with Gasteiger partial charge in [-0.3, -0.25) is 4.79 Å². The highest BCUT2D eigenvalue weighted by Gasteiger charge is 2.00. The Morgan fingerprint density at radius 3 is 2.93 bits per heavy atom. The Balaban J connectivity index is 2.32. The number of aromatic nitrogens is 2. The first kappa shape index (κ1) is 9.90. The quantitative estimate of drug-likeness (QED) is 0.620. The number of aliphatic carboxylic acids is 1. The third kappa shape index (κ3) is 3.48. The molecule has 1 heterocycles. The van der Waals surface area contributed by atoms with Gasteiger partial charge in [-0.25, -0.2) is 4.79 Å². The van der Waals surface area contributed by atoms with Gasteiger partial charge in [0.25, 0.3) is 0 Å². The first-order chi connectivity index (χ1) is 6.68. The molecule has 1 rings (SSSR count). The van der Waals surface area contributed by atoms with Crippen LogP contribution in [0.2, 0.25) is 0 Å². The Kier molecular flexibility index (Phi) is 3.36. The van der Waals surface area contributed by atoms with Crippen molar-refractivity contribution >= 4 is 11.9 Å². The van der Waals surface area contributed by atoms with Crippen LogP contribution < -0.4 is 5.32 Å². The van der Waals surface area contributed by atoms with Crippen molar-refractivity contribution in [3.8, 4) is 0 Å². The topological polar surface area (TPSA) is 105 Å². The molecule has 0 radical (unpaired) electrons. The number of hydrogen-bond acceptors (Lipinski definition) is 5. The van der Waals surface area contributed by atoms with Crippen LogP contribution >= 0.6 is 0 Å². The predicted molar refractivity (Wildman–Crippen MR) is 42.9 cm³/mol. The third-order valence-corrected chi connectivity index (χ3v) is 1.20. The summed E-state index contributed by atoms with van der Waals surface area (Å²) >= 11 is 0. The number of carboxylic acid groups (broad SMARTS) is 1. The summed E-state index contributed by atoms with van der Waals surface area (Å²) in [4.78, 5) is 24.6. The molecule has 0 unspecified atom stereocenters. The van der Waals surface area contributed by atoms with Crippen molar-refractivity contribution in [2.45, 2.75) is 6.54 Å². The molecule has 0 saturated heterocycles. The van der Waals surface area contributed by atoms with Crippen molar-refractivity contribution in [2.75, 3.05) is 0 Å². The molecule has 0 spiro atoms. The molecule has 7 nitrogen and oxygen atoms in total. The van der Waals surface area contributed by atoms with Crippen LogP contribution in [0.3, 0.4) is 0 Å². The van der Waals surface area contributed by atoms with Crippen LogP contribution in [0.4, 0.5) is 0 Å². The van der Waals surface area contributed by atoms with E-state index in [4.69, 9.17) is 5.11 Å². The van der Waals surface area contributed by atoms with Gasteiger partial charge in [-0.1, -0.05) is 5.16 Å². The van der Waals surface area contributed by atoms with Crippen molar-refractivity contribution in [1.29, 1.82) is 0 Å². The van der Waals surface area contributed by atoms with Crippen molar-refractivity contribution in [3.05, 3.63) is 24.4 Å². The maximum atomic E-state index is 10.9. The molecule has 0 aliphatic carbocycles. The first-order valence-corrected chi connectivity index (χ1v) is 3.62. The minimum absolute atomic E-state index is 0.0965. The zero-order valence-corrected chi connectivity index (χ0v) is 7.01. The lowest BCUT2D eigenvalue weighted by Gasteiger charge is -1.95. The number of carbonyl (C=O) groups excluding carboxylic acids is 1. The van der Waals surface area contributed by atoms with E-state index in [-0.39, 0.29) is 6.54 Å². The zero-order chi connectivity index (χ0) is 10.4. The molecule has 0 aliphatic rings. The summed E-state index contributed by atoms with van der Waals surface area (Å²) in [6, 6.07) is 0. The highest BCUT2D eigenvalue weighted by molar-refractivity contribution is 5.93. The highest BCUT2D eigenvalue weighted by atomic mass is 16.5.